The minimum atomic E-state index is -0.335. The number of para-hydroxylation sites is 1. The van der Waals surface area contributed by atoms with Crippen LogP contribution in [0.1, 0.15) is 10.5 Å². The van der Waals surface area contributed by atoms with E-state index in [1.807, 2.05) is 47.8 Å². The van der Waals surface area contributed by atoms with Gasteiger partial charge >= 0.3 is 0 Å². The van der Waals surface area contributed by atoms with Gasteiger partial charge in [-0.1, -0.05) is 42.5 Å². The zero-order valence-corrected chi connectivity index (χ0v) is 18.9. The molecule has 5 aromatic rings. The Morgan fingerprint density at radius 2 is 1.76 bits per heavy atom. The lowest BCUT2D eigenvalue weighted by molar-refractivity contribution is 0.102. The minimum Gasteiger partial charge on any atom is -0.497 e. The molecule has 0 aliphatic carbocycles. The van der Waals surface area contributed by atoms with Crippen LogP contribution in [0.4, 0.5) is 10.1 Å². The molecule has 34 heavy (non-hydrogen) atoms. The molecule has 5 rings (SSSR count). The molecule has 0 spiro atoms. The van der Waals surface area contributed by atoms with Crippen LogP contribution in [0.15, 0.2) is 84.2 Å². The smallest absolute Gasteiger partial charge is 0.273 e. The van der Waals surface area contributed by atoms with Crippen molar-refractivity contribution in [2.45, 2.75) is 0 Å². The van der Waals surface area contributed by atoms with Crippen LogP contribution in [0.2, 0.25) is 0 Å². The van der Waals surface area contributed by atoms with Crippen molar-refractivity contribution in [3.05, 3.63) is 95.8 Å². The van der Waals surface area contributed by atoms with Gasteiger partial charge in [-0.15, -0.1) is 11.3 Å². The van der Waals surface area contributed by atoms with Gasteiger partial charge in [0.1, 0.15) is 22.3 Å². The Morgan fingerprint density at radius 1 is 0.971 bits per heavy atom. The van der Waals surface area contributed by atoms with Crippen LogP contribution in [0.25, 0.3) is 33.1 Å². The van der Waals surface area contributed by atoms with Crippen molar-refractivity contribution in [1.29, 1.82) is 0 Å². The highest BCUT2D eigenvalue weighted by Crippen LogP contribution is 2.34. The maximum absolute atomic E-state index is 14.2. The molecule has 0 aliphatic rings. The first-order valence-corrected chi connectivity index (χ1v) is 11.3. The van der Waals surface area contributed by atoms with E-state index in [-0.39, 0.29) is 11.7 Å². The van der Waals surface area contributed by atoms with Gasteiger partial charge in [-0.3, -0.25) is 9.89 Å². The molecule has 3 aromatic carbocycles. The molecule has 0 bridgehead atoms. The van der Waals surface area contributed by atoms with Gasteiger partial charge in [0.05, 0.1) is 24.2 Å². The summed E-state index contributed by atoms with van der Waals surface area (Å²) in [5, 5.41) is 12.4. The number of halogens is 1. The van der Waals surface area contributed by atoms with Gasteiger partial charge in [-0.2, -0.15) is 5.10 Å². The summed E-state index contributed by atoms with van der Waals surface area (Å²) in [5.41, 5.74) is 4.21. The fraction of sp³-hybridized carbons (Fsp3) is 0.0385. The van der Waals surface area contributed by atoms with Gasteiger partial charge in [0.25, 0.3) is 5.91 Å². The molecule has 0 unspecified atom stereocenters. The third kappa shape index (κ3) is 4.31. The average molecular weight is 471 g/mol. The molecule has 1 amide bonds. The van der Waals surface area contributed by atoms with E-state index in [4.69, 9.17) is 4.74 Å². The topological polar surface area (TPSA) is 79.9 Å². The summed E-state index contributed by atoms with van der Waals surface area (Å²) in [6, 6.07) is 23.0. The van der Waals surface area contributed by atoms with Crippen LogP contribution in [0, 0.1) is 5.82 Å². The molecule has 0 radical (unpaired) electrons. The van der Waals surface area contributed by atoms with Crippen LogP contribution in [0.5, 0.6) is 5.75 Å². The predicted molar refractivity (Wildman–Crippen MR) is 131 cm³/mol. The van der Waals surface area contributed by atoms with Gasteiger partial charge in [-0.05, 0) is 36.4 Å². The molecule has 168 valence electrons. The molecule has 0 saturated heterocycles. The lowest BCUT2D eigenvalue weighted by atomic mass is 10.1. The molecule has 2 N–H and O–H groups in total. The summed E-state index contributed by atoms with van der Waals surface area (Å²) in [4.78, 5) is 17.6. The second-order valence-electron chi connectivity index (χ2n) is 7.42. The summed E-state index contributed by atoms with van der Waals surface area (Å²) < 4.78 is 19.4. The number of anilines is 1. The molecule has 0 aliphatic heterocycles. The van der Waals surface area contributed by atoms with Gasteiger partial charge in [0, 0.05) is 22.1 Å². The summed E-state index contributed by atoms with van der Waals surface area (Å²) in [6.07, 6.45) is 0. The number of aromatic nitrogens is 3. The Morgan fingerprint density at radius 3 is 2.59 bits per heavy atom. The Labute approximate surface area is 199 Å². The normalized spacial score (nSPS) is 10.8. The second-order valence-corrected chi connectivity index (χ2v) is 8.27. The van der Waals surface area contributed by atoms with Crippen molar-refractivity contribution < 1.29 is 13.9 Å². The summed E-state index contributed by atoms with van der Waals surface area (Å²) >= 11 is 1.35. The summed E-state index contributed by atoms with van der Waals surface area (Å²) in [6.45, 7) is 0. The van der Waals surface area contributed by atoms with E-state index in [1.165, 1.54) is 17.4 Å². The van der Waals surface area contributed by atoms with Crippen LogP contribution in [0.3, 0.4) is 0 Å². The van der Waals surface area contributed by atoms with Gasteiger partial charge < -0.3 is 10.1 Å². The Kier molecular flexibility index (Phi) is 5.88. The zero-order chi connectivity index (χ0) is 23.5. The first-order valence-electron chi connectivity index (χ1n) is 10.4. The van der Waals surface area contributed by atoms with E-state index in [0.717, 1.165) is 11.1 Å². The van der Waals surface area contributed by atoms with E-state index < -0.39 is 0 Å². The predicted octanol–water partition coefficient (Wildman–Crippen LogP) is 6.27. The van der Waals surface area contributed by atoms with Crippen molar-refractivity contribution in [3.8, 4) is 38.8 Å². The van der Waals surface area contributed by atoms with E-state index in [9.17, 15) is 9.18 Å². The third-order valence-corrected chi connectivity index (χ3v) is 6.12. The van der Waals surface area contributed by atoms with Gasteiger partial charge in [-0.25, -0.2) is 9.37 Å². The lowest BCUT2D eigenvalue weighted by Crippen LogP contribution is -2.13. The summed E-state index contributed by atoms with van der Waals surface area (Å²) in [5.74, 6) is 0.0492. The molecule has 0 saturated carbocycles. The number of ether oxygens (including phenoxy) is 1. The second kappa shape index (κ2) is 9.29. The number of hydrogen-bond acceptors (Lipinski definition) is 5. The number of carbonyl (C=O) groups excluding carboxylic acids is 1. The molecule has 6 nitrogen and oxygen atoms in total. The zero-order valence-electron chi connectivity index (χ0n) is 18.1. The number of nitrogens with one attached hydrogen (secondary N) is 2. The molecule has 2 heterocycles. The summed E-state index contributed by atoms with van der Waals surface area (Å²) in [7, 11) is 1.60. The van der Waals surface area contributed by atoms with E-state index in [2.05, 4.69) is 20.5 Å². The number of amides is 1. The molecule has 0 atom stereocenters. The van der Waals surface area contributed by atoms with E-state index >= 15 is 0 Å². The van der Waals surface area contributed by atoms with Crippen LogP contribution in [-0.2, 0) is 0 Å². The first-order chi connectivity index (χ1) is 16.6. The minimum absolute atomic E-state index is 0.318. The van der Waals surface area contributed by atoms with E-state index in [0.29, 0.717) is 39.1 Å². The number of aromatic amines is 1. The van der Waals surface area contributed by atoms with Gasteiger partial charge in [0.15, 0.2) is 0 Å². The first kappa shape index (κ1) is 21.5. The maximum atomic E-state index is 14.2. The number of methoxy groups -OCH3 is 1. The largest absolute Gasteiger partial charge is 0.497 e. The van der Waals surface area contributed by atoms with Crippen molar-refractivity contribution in [3.63, 3.8) is 0 Å². The SMILES string of the molecule is COc1cccc(-c2cc(C(=O)Nc3ccccc3-c3csc(-c4ccccc4F)n3)[nH]n2)c1. The molecular formula is C26H19FN4O2S. The molecule has 8 heteroatoms. The van der Waals surface area contributed by atoms with Crippen molar-refractivity contribution in [2.75, 3.05) is 12.4 Å². The van der Waals surface area contributed by atoms with Crippen LogP contribution in [-0.4, -0.2) is 28.2 Å². The number of H-pyrrole nitrogens is 1. The van der Waals surface area contributed by atoms with Crippen LogP contribution >= 0.6 is 11.3 Å². The Hall–Kier alpha value is -4.30. The quantitative estimate of drug-likeness (QED) is 0.307. The number of rotatable bonds is 6. The number of benzene rings is 3. The van der Waals surface area contributed by atoms with Crippen molar-refractivity contribution in [1.82, 2.24) is 15.2 Å². The highest BCUT2D eigenvalue weighted by atomic mass is 32.1. The fourth-order valence-electron chi connectivity index (χ4n) is 3.53. The van der Waals surface area contributed by atoms with Gasteiger partial charge in [0.2, 0.25) is 0 Å². The number of hydrogen-bond donors (Lipinski definition) is 2. The van der Waals surface area contributed by atoms with Crippen molar-refractivity contribution in [2.24, 2.45) is 0 Å². The molecule has 2 aromatic heterocycles. The molecule has 0 fully saturated rings. The standard InChI is InChI=1S/C26H19FN4O2S/c1-33-17-8-6-7-16(13-17)22-14-23(31-30-22)25(32)28-21-12-5-3-10-19(21)24-15-34-26(29-24)18-9-2-4-11-20(18)27/h2-15H,1H3,(H,28,32)(H,30,31). The van der Waals surface area contributed by atoms with Crippen LogP contribution < -0.4 is 10.1 Å². The maximum Gasteiger partial charge on any atom is 0.273 e. The number of thiazole rings is 1. The average Bonchev–Trinajstić information content (AvgIpc) is 3.55. The lowest BCUT2D eigenvalue weighted by Gasteiger charge is -2.08. The highest BCUT2D eigenvalue weighted by molar-refractivity contribution is 7.13. The van der Waals surface area contributed by atoms with E-state index in [1.54, 1.807) is 37.4 Å². The number of carbonyl (C=O) groups is 1. The number of nitrogens with zero attached hydrogens (tertiary/aromatic N) is 2. The highest BCUT2D eigenvalue weighted by Gasteiger charge is 2.16. The molecular weight excluding hydrogens is 451 g/mol. The van der Waals surface area contributed by atoms with Crippen molar-refractivity contribution >= 4 is 22.9 Å². The monoisotopic (exact) mass is 470 g/mol. The third-order valence-electron chi connectivity index (χ3n) is 5.25. The Bertz CT molecular complexity index is 1480. The fourth-order valence-corrected chi connectivity index (χ4v) is 4.38. The Balaban J connectivity index is 1.39.